The predicted molar refractivity (Wildman–Crippen MR) is 94.0 cm³/mol. The number of aromatic nitrogens is 2. The number of H-pyrrole nitrogens is 1. The Bertz CT molecular complexity index is 1070. The molecule has 0 amide bonds. The fourth-order valence-corrected chi connectivity index (χ4v) is 2.83. The summed E-state index contributed by atoms with van der Waals surface area (Å²) in [7, 11) is 0. The molecule has 0 bridgehead atoms. The summed E-state index contributed by atoms with van der Waals surface area (Å²) in [6.07, 6.45) is -2.08. The van der Waals surface area contributed by atoms with Crippen molar-refractivity contribution in [3.8, 4) is 11.5 Å². The average Bonchev–Trinajstić information content (AvgIpc) is 3.11. The fraction of sp³-hybridized carbons (Fsp3) is 0.222. The van der Waals surface area contributed by atoms with Crippen LogP contribution in [0.25, 0.3) is 11.0 Å². The van der Waals surface area contributed by atoms with Crippen molar-refractivity contribution in [2.75, 3.05) is 18.5 Å². The maximum absolute atomic E-state index is 14.5. The molecule has 29 heavy (non-hydrogen) atoms. The van der Waals surface area contributed by atoms with E-state index in [1.54, 1.807) is 0 Å². The standard InChI is InChI=1S/C18H13F5N4O2/c19-11-6-9(27-17-25-3-1-5-28-17)7-12(20)15(11)29-13-2-4-24-16-14(13)10(8-26-16)18(21,22)23/h2,4,6-8H,1,3,5H2,(H,24,26)(H,25,27). The third-order valence-electron chi connectivity index (χ3n) is 4.10. The maximum atomic E-state index is 14.5. The molecule has 0 aliphatic carbocycles. The summed E-state index contributed by atoms with van der Waals surface area (Å²) >= 11 is 0. The molecule has 6 nitrogen and oxygen atoms in total. The molecule has 3 aromatic rings. The number of anilines is 1. The lowest BCUT2D eigenvalue weighted by Gasteiger charge is -2.16. The Morgan fingerprint density at radius 2 is 1.93 bits per heavy atom. The normalized spacial score (nSPS) is 14.4. The minimum Gasteiger partial charge on any atom is -0.465 e. The summed E-state index contributed by atoms with van der Waals surface area (Å²) in [4.78, 5) is 10.2. The van der Waals surface area contributed by atoms with Gasteiger partial charge in [0.1, 0.15) is 11.4 Å². The zero-order chi connectivity index (χ0) is 20.6. The number of alkyl halides is 3. The summed E-state index contributed by atoms with van der Waals surface area (Å²) in [5, 5.41) is 2.21. The Kier molecular flexibility index (Phi) is 4.73. The van der Waals surface area contributed by atoms with Gasteiger partial charge in [-0.3, -0.25) is 0 Å². The molecule has 4 rings (SSSR count). The van der Waals surface area contributed by atoms with Crippen molar-refractivity contribution in [3.05, 3.63) is 47.8 Å². The van der Waals surface area contributed by atoms with Crippen LogP contribution in [0.4, 0.5) is 27.6 Å². The van der Waals surface area contributed by atoms with Crippen LogP contribution in [0.1, 0.15) is 12.0 Å². The van der Waals surface area contributed by atoms with Gasteiger partial charge in [0.05, 0.1) is 17.6 Å². The van der Waals surface area contributed by atoms with Gasteiger partial charge in [-0.15, -0.1) is 0 Å². The molecule has 0 spiro atoms. The second kappa shape index (κ2) is 7.22. The van der Waals surface area contributed by atoms with Gasteiger partial charge >= 0.3 is 6.18 Å². The molecule has 0 unspecified atom stereocenters. The zero-order valence-corrected chi connectivity index (χ0v) is 14.6. The van der Waals surface area contributed by atoms with E-state index >= 15 is 0 Å². The van der Waals surface area contributed by atoms with E-state index in [1.165, 1.54) is 6.20 Å². The lowest BCUT2D eigenvalue weighted by Crippen LogP contribution is -2.21. The second-order valence-electron chi connectivity index (χ2n) is 6.12. The summed E-state index contributed by atoms with van der Waals surface area (Å²) in [6.45, 7) is 0.943. The van der Waals surface area contributed by atoms with Crippen LogP contribution in [0.15, 0.2) is 35.6 Å². The summed E-state index contributed by atoms with van der Waals surface area (Å²) < 4.78 is 79.0. The van der Waals surface area contributed by atoms with Crippen LogP contribution in [-0.4, -0.2) is 29.1 Å². The van der Waals surface area contributed by atoms with Crippen molar-refractivity contribution < 1.29 is 31.4 Å². The average molecular weight is 412 g/mol. The molecule has 1 aliphatic heterocycles. The molecule has 152 valence electrons. The number of rotatable bonds is 3. The van der Waals surface area contributed by atoms with Crippen molar-refractivity contribution in [2.24, 2.45) is 4.99 Å². The molecule has 0 saturated carbocycles. The number of aromatic amines is 1. The molecular formula is C18H13F5N4O2. The van der Waals surface area contributed by atoms with E-state index in [0.717, 1.165) is 30.8 Å². The van der Waals surface area contributed by atoms with E-state index in [0.29, 0.717) is 13.2 Å². The minimum absolute atomic E-state index is 0.0190. The van der Waals surface area contributed by atoms with Gasteiger partial charge in [-0.25, -0.2) is 18.8 Å². The number of nitrogens with one attached hydrogen (secondary N) is 2. The Hall–Kier alpha value is -3.37. The molecular weight excluding hydrogens is 399 g/mol. The van der Waals surface area contributed by atoms with Crippen LogP contribution >= 0.6 is 0 Å². The van der Waals surface area contributed by atoms with Crippen molar-refractivity contribution in [1.82, 2.24) is 9.97 Å². The Balaban J connectivity index is 1.68. The predicted octanol–water partition coefficient (Wildman–Crippen LogP) is 4.84. The molecule has 1 aliphatic rings. The van der Waals surface area contributed by atoms with Gasteiger partial charge in [0, 0.05) is 43.2 Å². The third kappa shape index (κ3) is 3.80. The van der Waals surface area contributed by atoms with Crippen LogP contribution in [0, 0.1) is 11.6 Å². The van der Waals surface area contributed by atoms with Gasteiger partial charge in [0.2, 0.25) is 0 Å². The van der Waals surface area contributed by atoms with Gasteiger partial charge in [-0.1, -0.05) is 0 Å². The SMILES string of the molecule is Fc1cc(NC2=NCCCO2)cc(F)c1Oc1ccnc2[nH]cc(C(F)(F)F)c12. The second-order valence-corrected chi connectivity index (χ2v) is 6.12. The van der Waals surface area contributed by atoms with Crippen molar-refractivity contribution >= 4 is 22.7 Å². The number of ether oxygens (including phenoxy) is 2. The lowest BCUT2D eigenvalue weighted by molar-refractivity contribution is -0.136. The first kappa shape index (κ1) is 19.0. The first-order valence-electron chi connectivity index (χ1n) is 8.47. The lowest BCUT2D eigenvalue weighted by atomic mass is 10.2. The summed E-state index contributed by atoms with van der Waals surface area (Å²) in [5.74, 6) is -3.46. The quantitative estimate of drug-likeness (QED) is 0.604. The van der Waals surface area contributed by atoms with Crippen LogP contribution < -0.4 is 10.1 Å². The van der Waals surface area contributed by atoms with Gasteiger partial charge in [0.25, 0.3) is 6.02 Å². The highest BCUT2D eigenvalue weighted by atomic mass is 19.4. The van der Waals surface area contributed by atoms with E-state index in [2.05, 4.69) is 20.3 Å². The van der Waals surface area contributed by atoms with Crippen molar-refractivity contribution in [3.63, 3.8) is 0 Å². The number of hydrogen-bond donors (Lipinski definition) is 2. The Labute approximate surface area is 160 Å². The van der Waals surface area contributed by atoms with Gasteiger partial charge in [-0.05, 0) is 6.07 Å². The van der Waals surface area contributed by atoms with Crippen LogP contribution in [-0.2, 0) is 10.9 Å². The number of amidine groups is 1. The Morgan fingerprint density at radius 3 is 2.59 bits per heavy atom. The third-order valence-corrected chi connectivity index (χ3v) is 4.10. The molecule has 11 heteroatoms. The van der Waals surface area contributed by atoms with E-state index in [-0.39, 0.29) is 23.1 Å². The number of benzene rings is 1. The Morgan fingerprint density at radius 1 is 1.17 bits per heavy atom. The molecule has 0 saturated heterocycles. The maximum Gasteiger partial charge on any atom is 0.418 e. The number of halogens is 5. The minimum atomic E-state index is -4.70. The monoisotopic (exact) mass is 412 g/mol. The summed E-state index contributed by atoms with van der Waals surface area (Å²) in [5.41, 5.74) is -1.16. The topological polar surface area (TPSA) is 71.5 Å². The molecule has 0 atom stereocenters. The van der Waals surface area contributed by atoms with Crippen LogP contribution in [0.3, 0.4) is 0 Å². The van der Waals surface area contributed by atoms with Gasteiger partial charge in [-0.2, -0.15) is 13.2 Å². The fourth-order valence-electron chi connectivity index (χ4n) is 2.83. The van der Waals surface area contributed by atoms with Crippen molar-refractivity contribution in [2.45, 2.75) is 12.6 Å². The van der Waals surface area contributed by atoms with Gasteiger partial charge in [0.15, 0.2) is 17.4 Å². The number of nitrogens with zero attached hydrogens (tertiary/aromatic N) is 2. The highest BCUT2D eigenvalue weighted by molar-refractivity contribution is 5.89. The van der Waals surface area contributed by atoms with Crippen LogP contribution in [0.2, 0.25) is 0 Å². The van der Waals surface area contributed by atoms with E-state index in [9.17, 15) is 22.0 Å². The molecule has 2 aromatic heterocycles. The van der Waals surface area contributed by atoms with Gasteiger partial charge < -0.3 is 19.8 Å². The number of fused-ring (bicyclic) bond motifs is 1. The smallest absolute Gasteiger partial charge is 0.418 e. The first-order valence-corrected chi connectivity index (χ1v) is 8.47. The van der Waals surface area contributed by atoms with Crippen molar-refractivity contribution in [1.29, 1.82) is 0 Å². The zero-order valence-electron chi connectivity index (χ0n) is 14.6. The largest absolute Gasteiger partial charge is 0.465 e. The molecule has 3 heterocycles. The van der Waals surface area contributed by atoms with E-state index in [1.807, 2.05) is 0 Å². The van der Waals surface area contributed by atoms with E-state index in [4.69, 9.17) is 9.47 Å². The molecule has 0 radical (unpaired) electrons. The molecule has 2 N–H and O–H groups in total. The number of hydrogen-bond acceptors (Lipinski definition) is 5. The molecule has 1 aromatic carbocycles. The highest BCUT2D eigenvalue weighted by Gasteiger charge is 2.35. The van der Waals surface area contributed by atoms with Crippen LogP contribution in [0.5, 0.6) is 11.5 Å². The highest BCUT2D eigenvalue weighted by Crippen LogP contribution is 2.40. The number of pyridine rings is 1. The summed E-state index contributed by atoms with van der Waals surface area (Å²) in [6, 6.07) is 3.08. The number of aliphatic imine (C=N–C) groups is 1. The molecule has 0 fully saturated rings. The van der Waals surface area contributed by atoms with E-state index < -0.39 is 34.5 Å². The first-order chi connectivity index (χ1) is 13.8.